The summed E-state index contributed by atoms with van der Waals surface area (Å²) in [4.78, 5) is 21.5. The van der Waals surface area contributed by atoms with Crippen molar-refractivity contribution >= 4 is 17.6 Å². The first-order chi connectivity index (χ1) is 13.8. The monoisotopic (exact) mass is 439 g/mol. The molecule has 1 atom stereocenters. The van der Waals surface area contributed by atoms with Crippen LogP contribution in [0.1, 0.15) is 24.5 Å². The predicted molar refractivity (Wildman–Crippen MR) is 95.5 cm³/mol. The van der Waals surface area contributed by atoms with Gasteiger partial charge in [-0.15, -0.1) is 0 Å². The lowest BCUT2D eigenvalue weighted by Crippen LogP contribution is -2.35. The number of alkyl halides is 6. The molecule has 2 rings (SSSR count). The Bertz CT molecular complexity index is 816. The summed E-state index contributed by atoms with van der Waals surface area (Å²) in [5, 5.41) is 0. The van der Waals surface area contributed by atoms with Crippen LogP contribution in [0.4, 0.5) is 26.3 Å². The Balaban J connectivity index is 2.11. The summed E-state index contributed by atoms with van der Waals surface area (Å²) in [6, 6.07) is 0.777. The number of hydrogen-bond acceptors (Lipinski definition) is 6. The molecule has 166 valence electrons. The number of guanidine groups is 1. The molecular formula is C18H19F6N3O3. The molecule has 1 aliphatic rings. The van der Waals surface area contributed by atoms with Gasteiger partial charge in [-0.1, -0.05) is 0 Å². The fraction of sp³-hybridized carbons (Fsp3) is 0.500. The van der Waals surface area contributed by atoms with Crippen LogP contribution in [0.25, 0.3) is 0 Å². The van der Waals surface area contributed by atoms with Crippen LogP contribution in [0.2, 0.25) is 0 Å². The molecule has 0 aliphatic carbocycles. The summed E-state index contributed by atoms with van der Waals surface area (Å²) < 4.78 is 87.1. The number of ether oxygens (including phenoxy) is 2. The molecule has 12 heteroatoms. The summed E-state index contributed by atoms with van der Waals surface area (Å²) in [5.41, 5.74) is -2.76. The van der Waals surface area contributed by atoms with Gasteiger partial charge in [-0.3, -0.25) is 0 Å². The van der Waals surface area contributed by atoms with Gasteiger partial charge in [0.1, 0.15) is 18.1 Å². The highest BCUT2D eigenvalue weighted by atomic mass is 19.4. The molecule has 30 heavy (non-hydrogen) atoms. The number of halogens is 6. The number of aliphatic imine (C=N–C) groups is 2. The van der Waals surface area contributed by atoms with Gasteiger partial charge in [0.2, 0.25) is 5.96 Å². The highest BCUT2D eigenvalue weighted by Crippen LogP contribution is 2.38. The summed E-state index contributed by atoms with van der Waals surface area (Å²) in [7, 11) is 2.76. The van der Waals surface area contributed by atoms with Gasteiger partial charge in [-0.2, -0.15) is 26.3 Å². The molecule has 1 aromatic rings. The fourth-order valence-corrected chi connectivity index (χ4v) is 2.56. The molecule has 0 fully saturated rings. The van der Waals surface area contributed by atoms with Crippen LogP contribution in [-0.2, 0) is 21.9 Å². The molecule has 1 unspecified atom stereocenters. The number of carbonyl (C=O) groups excluding carboxylic acids is 1. The third kappa shape index (κ3) is 6.10. The molecule has 0 N–H and O–H groups in total. The van der Waals surface area contributed by atoms with Crippen molar-refractivity contribution in [3.05, 3.63) is 29.3 Å². The van der Waals surface area contributed by atoms with Crippen LogP contribution in [-0.4, -0.2) is 55.9 Å². The van der Waals surface area contributed by atoms with Gasteiger partial charge in [0.25, 0.3) is 0 Å². The lowest BCUT2D eigenvalue weighted by Gasteiger charge is -2.23. The van der Waals surface area contributed by atoms with Gasteiger partial charge in [0.05, 0.1) is 30.8 Å². The van der Waals surface area contributed by atoms with Crippen molar-refractivity contribution in [2.75, 3.05) is 27.3 Å². The molecule has 6 nitrogen and oxygen atoms in total. The van der Waals surface area contributed by atoms with Crippen molar-refractivity contribution in [2.45, 2.75) is 31.7 Å². The lowest BCUT2D eigenvalue weighted by molar-refractivity contribution is -0.143. The van der Waals surface area contributed by atoms with E-state index in [-0.39, 0.29) is 43.4 Å². The topological polar surface area (TPSA) is 63.5 Å². The van der Waals surface area contributed by atoms with Crippen LogP contribution in [0, 0.1) is 0 Å². The van der Waals surface area contributed by atoms with E-state index in [4.69, 9.17) is 4.74 Å². The van der Waals surface area contributed by atoms with Crippen LogP contribution in [0.15, 0.2) is 28.2 Å². The van der Waals surface area contributed by atoms with E-state index in [0.29, 0.717) is 12.1 Å². The van der Waals surface area contributed by atoms with Gasteiger partial charge >= 0.3 is 18.3 Å². The van der Waals surface area contributed by atoms with E-state index in [0.717, 1.165) is 0 Å². The zero-order valence-electron chi connectivity index (χ0n) is 16.3. The van der Waals surface area contributed by atoms with Crippen molar-refractivity contribution in [2.24, 2.45) is 9.98 Å². The first-order valence-corrected chi connectivity index (χ1v) is 8.68. The second-order valence-corrected chi connectivity index (χ2v) is 6.54. The molecule has 1 heterocycles. The Morgan fingerprint density at radius 1 is 1.13 bits per heavy atom. The molecule has 0 saturated carbocycles. The minimum absolute atomic E-state index is 0.0280. The second kappa shape index (κ2) is 8.92. The van der Waals surface area contributed by atoms with E-state index in [1.54, 1.807) is 14.0 Å². The summed E-state index contributed by atoms with van der Waals surface area (Å²) in [5.74, 6) is -0.997. The third-order valence-electron chi connectivity index (χ3n) is 4.08. The Kier molecular flexibility index (Phi) is 6.99. The lowest BCUT2D eigenvalue weighted by atomic mass is 10.1. The second-order valence-electron chi connectivity index (χ2n) is 6.54. The number of methoxy groups -OCH3 is 1. The molecule has 0 radical (unpaired) electrons. The summed E-state index contributed by atoms with van der Waals surface area (Å²) in [6.45, 7) is 1.55. The van der Waals surface area contributed by atoms with Gasteiger partial charge in [-0.25, -0.2) is 14.8 Å². The molecule has 1 aliphatic heterocycles. The third-order valence-corrected chi connectivity index (χ3v) is 4.08. The zero-order valence-corrected chi connectivity index (χ0v) is 16.3. The fourth-order valence-electron chi connectivity index (χ4n) is 2.56. The van der Waals surface area contributed by atoms with Crippen molar-refractivity contribution < 1.29 is 40.6 Å². The average molecular weight is 439 g/mol. The smallest absolute Gasteiger partial charge is 0.416 e. The first kappa shape index (κ1) is 23.5. The Morgan fingerprint density at radius 2 is 1.70 bits per heavy atom. The van der Waals surface area contributed by atoms with Crippen LogP contribution in [0.3, 0.4) is 0 Å². The van der Waals surface area contributed by atoms with E-state index in [1.165, 1.54) is 12.0 Å². The quantitative estimate of drug-likeness (QED) is 0.517. The molecule has 0 aromatic heterocycles. The number of rotatable bonds is 5. The minimum atomic E-state index is -4.96. The molecule has 0 amide bonds. The molecule has 0 bridgehead atoms. The Labute approximate surface area is 168 Å². The minimum Gasteiger partial charge on any atom is -0.492 e. The highest BCUT2D eigenvalue weighted by Gasteiger charge is 2.37. The van der Waals surface area contributed by atoms with Gasteiger partial charge < -0.3 is 14.4 Å². The number of carbonyl (C=O) groups is 1. The Morgan fingerprint density at radius 3 is 2.20 bits per heavy atom. The Hall–Kier alpha value is -2.79. The number of hydrogen-bond donors (Lipinski definition) is 0. The van der Waals surface area contributed by atoms with E-state index in [2.05, 4.69) is 14.7 Å². The van der Waals surface area contributed by atoms with Crippen LogP contribution in [0.5, 0.6) is 5.75 Å². The summed E-state index contributed by atoms with van der Waals surface area (Å²) >= 11 is 0. The van der Waals surface area contributed by atoms with Gasteiger partial charge in [0, 0.05) is 13.5 Å². The average Bonchev–Trinajstić information content (AvgIpc) is 2.65. The van der Waals surface area contributed by atoms with Crippen LogP contribution >= 0.6 is 0 Å². The standard InChI is InChI=1S/C18H19F6N3O3/c1-10-6-14(15(28)29-3)26-16(25-10)27(2)4-5-30-13-8-11(17(19,20)21)7-12(9-13)18(22,23)24/h7-10H,4-6H2,1-3H3. The predicted octanol–water partition coefficient (Wildman–Crippen LogP) is 3.80. The van der Waals surface area contributed by atoms with E-state index in [9.17, 15) is 31.1 Å². The molecule has 1 aromatic carbocycles. The van der Waals surface area contributed by atoms with E-state index >= 15 is 0 Å². The van der Waals surface area contributed by atoms with Crippen molar-refractivity contribution in [1.29, 1.82) is 0 Å². The molecule has 0 saturated heterocycles. The van der Waals surface area contributed by atoms with Crippen molar-refractivity contribution in [1.82, 2.24) is 4.90 Å². The molecular weight excluding hydrogens is 420 g/mol. The van der Waals surface area contributed by atoms with Crippen molar-refractivity contribution in [3.8, 4) is 5.75 Å². The maximum Gasteiger partial charge on any atom is 0.416 e. The molecule has 0 spiro atoms. The SMILES string of the molecule is COC(=O)C1=NC(N(C)CCOc2cc(C(F)(F)F)cc(C(F)(F)F)c2)=NC(C)C1. The number of nitrogens with zero attached hydrogens (tertiary/aromatic N) is 3. The first-order valence-electron chi connectivity index (χ1n) is 8.68. The zero-order chi connectivity index (χ0) is 22.7. The number of benzene rings is 1. The van der Waals surface area contributed by atoms with Crippen LogP contribution < -0.4 is 4.74 Å². The van der Waals surface area contributed by atoms with Gasteiger partial charge in [-0.05, 0) is 25.1 Å². The van der Waals surface area contributed by atoms with E-state index < -0.39 is 35.2 Å². The van der Waals surface area contributed by atoms with Crippen molar-refractivity contribution in [3.63, 3.8) is 0 Å². The number of likely N-dealkylation sites (N-methyl/N-ethyl adjacent to an activating group) is 1. The van der Waals surface area contributed by atoms with E-state index in [1.807, 2.05) is 0 Å². The maximum atomic E-state index is 12.9. The highest BCUT2D eigenvalue weighted by molar-refractivity contribution is 6.38. The van der Waals surface area contributed by atoms with Gasteiger partial charge in [0.15, 0.2) is 0 Å². The summed E-state index contributed by atoms with van der Waals surface area (Å²) in [6.07, 6.45) is -9.63. The number of esters is 1. The largest absolute Gasteiger partial charge is 0.492 e. The normalized spacial score (nSPS) is 17.2. The maximum absolute atomic E-state index is 12.9.